The van der Waals surface area contributed by atoms with Crippen LogP contribution in [0.1, 0.15) is 13.3 Å². The summed E-state index contributed by atoms with van der Waals surface area (Å²) in [4.78, 5) is 9.58. The van der Waals surface area contributed by atoms with Crippen LogP contribution >= 0.6 is 0 Å². The molecule has 0 fully saturated rings. The van der Waals surface area contributed by atoms with Crippen molar-refractivity contribution in [2.24, 2.45) is 0 Å². The largest absolute Gasteiger partial charge is 0.472 e. The zero-order valence-electron chi connectivity index (χ0n) is 6.47. The second-order valence-electron chi connectivity index (χ2n) is 1.37. The number of hydrogen-bond donors (Lipinski definition) is 1. The minimum atomic E-state index is -1.05. The lowest BCUT2D eigenvalue weighted by atomic mass is 10.5. The average Bonchev–Trinajstić information content (AvgIpc) is 1.85. The SMILES string of the molecule is CCC#CC(=O)O.COC. The van der Waals surface area contributed by atoms with Crippen LogP contribution < -0.4 is 0 Å². The second kappa shape index (κ2) is 10.9. The molecule has 0 spiro atoms. The maximum Gasteiger partial charge on any atom is 0.381 e. The molecule has 0 aromatic rings. The quantitative estimate of drug-likeness (QED) is 0.510. The second-order valence-corrected chi connectivity index (χ2v) is 1.37. The van der Waals surface area contributed by atoms with Gasteiger partial charge in [-0.2, -0.15) is 0 Å². The monoisotopic (exact) mass is 144 g/mol. The molecule has 0 aliphatic rings. The summed E-state index contributed by atoms with van der Waals surface area (Å²) >= 11 is 0. The van der Waals surface area contributed by atoms with Gasteiger partial charge in [-0.3, -0.25) is 0 Å². The molecule has 0 amide bonds. The Bertz CT molecular complexity index is 130. The fourth-order valence-electron chi connectivity index (χ4n) is 0.164. The third-order valence-corrected chi connectivity index (χ3v) is 0.372. The Kier molecular flexibility index (Phi) is 12.8. The molecule has 0 aliphatic heterocycles. The van der Waals surface area contributed by atoms with Crippen molar-refractivity contribution >= 4 is 5.97 Å². The van der Waals surface area contributed by atoms with E-state index in [1.165, 1.54) is 0 Å². The first-order chi connectivity index (χ1) is 4.68. The molecule has 0 aromatic carbocycles. The molecule has 0 bridgehead atoms. The van der Waals surface area contributed by atoms with E-state index < -0.39 is 5.97 Å². The third kappa shape index (κ3) is 28.1. The van der Waals surface area contributed by atoms with E-state index >= 15 is 0 Å². The zero-order chi connectivity index (χ0) is 8.41. The van der Waals surface area contributed by atoms with E-state index in [1.807, 2.05) is 5.92 Å². The zero-order valence-corrected chi connectivity index (χ0v) is 6.47. The molecule has 0 unspecified atom stereocenters. The van der Waals surface area contributed by atoms with Crippen LogP contribution in [0.5, 0.6) is 0 Å². The number of ether oxygens (including phenoxy) is 1. The van der Waals surface area contributed by atoms with E-state index in [-0.39, 0.29) is 0 Å². The van der Waals surface area contributed by atoms with Crippen LogP contribution in [0, 0.1) is 11.8 Å². The van der Waals surface area contributed by atoms with E-state index in [2.05, 4.69) is 10.7 Å². The predicted molar refractivity (Wildman–Crippen MR) is 38.6 cm³/mol. The van der Waals surface area contributed by atoms with Gasteiger partial charge in [-0.1, -0.05) is 12.8 Å². The van der Waals surface area contributed by atoms with Crippen molar-refractivity contribution in [2.75, 3.05) is 14.2 Å². The number of hydrogen-bond acceptors (Lipinski definition) is 2. The highest BCUT2D eigenvalue weighted by atomic mass is 16.4. The van der Waals surface area contributed by atoms with Gasteiger partial charge in [0.2, 0.25) is 0 Å². The van der Waals surface area contributed by atoms with Gasteiger partial charge in [-0.15, -0.1) is 0 Å². The van der Waals surface area contributed by atoms with Gasteiger partial charge in [0, 0.05) is 26.6 Å². The van der Waals surface area contributed by atoms with Crippen LogP contribution in [0.4, 0.5) is 0 Å². The number of rotatable bonds is 0. The van der Waals surface area contributed by atoms with Crippen molar-refractivity contribution in [3.63, 3.8) is 0 Å². The number of carbonyl (C=O) groups is 1. The fraction of sp³-hybridized carbons (Fsp3) is 0.571. The Balaban J connectivity index is 0. The van der Waals surface area contributed by atoms with Crippen LogP contribution in [0.3, 0.4) is 0 Å². The van der Waals surface area contributed by atoms with Gasteiger partial charge in [-0.25, -0.2) is 4.79 Å². The van der Waals surface area contributed by atoms with Crippen LogP contribution in [0.25, 0.3) is 0 Å². The molecule has 1 N–H and O–H groups in total. The van der Waals surface area contributed by atoms with Crippen molar-refractivity contribution in [1.82, 2.24) is 0 Å². The van der Waals surface area contributed by atoms with Crippen LogP contribution in [0.15, 0.2) is 0 Å². The van der Waals surface area contributed by atoms with Gasteiger partial charge in [-0.05, 0) is 0 Å². The Morgan fingerprint density at radius 2 is 2.00 bits per heavy atom. The topological polar surface area (TPSA) is 46.5 Å². The summed E-state index contributed by atoms with van der Waals surface area (Å²) in [6.07, 6.45) is 0.603. The Hall–Kier alpha value is -1.01. The molecule has 0 rings (SSSR count). The molecule has 0 radical (unpaired) electrons. The van der Waals surface area contributed by atoms with Crippen molar-refractivity contribution in [1.29, 1.82) is 0 Å². The number of methoxy groups -OCH3 is 1. The molecule has 0 aliphatic carbocycles. The molecule has 0 atom stereocenters. The summed E-state index contributed by atoms with van der Waals surface area (Å²) < 4.78 is 4.25. The molecule has 10 heavy (non-hydrogen) atoms. The van der Waals surface area contributed by atoms with Crippen molar-refractivity contribution < 1.29 is 14.6 Å². The first kappa shape index (κ1) is 11.7. The molecule has 3 heteroatoms. The first-order valence-electron chi connectivity index (χ1n) is 2.80. The van der Waals surface area contributed by atoms with Gasteiger partial charge < -0.3 is 9.84 Å². The molecule has 3 nitrogen and oxygen atoms in total. The minimum Gasteiger partial charge on any atom is -0.472 e. The molecule has 0 heterocycles. The summed E-state index contributed by atoms with van der Waals surface area (Å²) in [6, 6.07) is 0. The van der Waals surface area contributed by atoms with Crippen molar-refractivity contribution in [2.45, 2.75) is 13.3 Å². The Morgan fingerprint density at radius 1 is 1.60 bits per heavy atom. The summed E-state index contributed by atoms with van der Waals surface area (Å²) in [5, 5.41) is 7.87. The molecule has 0 aromatic heterocycles. The molecular formula is C7H12O3. The maximum absolute atomic E-state index is 9.58. The first-order valence-corrected chi connectivity index (χ1v) is 2.80. The maximum atomic E-state index is 9.58. The van der Waals surface area contributed by atoms with Crippen molar-refractivity contribution in [3.8, 4) is 11.8 Å². The molecular weight excluding hydrogens is 132 g/mol. The summed E-state index contributed by atoms with van der Waals surface area (Å²) in [5.74, 6) is 3.31. The smallest absolute Gasteiger partial charge is 0.381 e. The summed E-state index contributed by atoms with van der Waals surface area (Å²) in [6.45, 7) is 1.80. The third-order valence-electron chi connectivity index (χ3n) is 0.372. The number of aliphatic carboxylic acids is 1. The van der Waals surface area contributed by atoms with Crippen LogP contribution in [-0.2, 0) is 9.53 Å². The van der Waals surface area contributed by atoms with E-state index in [0.29, 0.717) is 6.42 Å². The predicted octanol–water partition coefficient (Wildman–Crippen LogP) is 0.747. The van der Waals surface area contributed by atoms with Gasteiger partial charge in [0.25, 0.3) is 0 Å². The average molecular weight is 144 g/mol. The number of carboxylic acids is 1. The highest BCUT2D eigenvalue weighted by Gasteiger charge is 1.77. The highest BCUT2D eigenvalue weighted by molar-refractivity contribution is 5.86. The lowest BCUT2D eigenvalue weighted by Gasteiger charge is -1.67. The van der Waals surface area contributed by atoms with E-state index in [9.17, 15) is 4.79 Å². The van der Waals surface area contributed by atoms with E-state index in [1.54, 1.807) is 21.1 Å². The fourth-order valence-corrected chi connectivity index (χ4v) is 0.164. The van der Waals surface area contributed by atoms with E-state index in [4.69, 9.17) is 5.11 Å². The van der Waals surface area contributed by atoms with Gasteiger partial charge >= 0.3 is 5.97 Å². The molecule has 58 valence electrons. The number of carboxylic acid groups (broad SMARTS) is 1. The minimum absolute atomic E-state index is 0.603. The highest BCUT2D eigenvalue weighted by Crippen LogP contribution is 1.65. The summed E-state index contributed by atoms with van der Waals surface area (Å²) in [5.41, 5.74) is 0. The van der Waals surface area contributed by atoms with E-state index in [0.717, 1.165) is 0 Å². The Morgan fingerprint density at radius 3 is 2.10 bits per heavy atom. The molecule has 0 saturated heterocycles. The standard InChI is InChI=1S/C5H6O2.C2H6O/c1-2-3-4-5(6)7;1-3-2/h2H2,1H3,(H,6,7);1-2H3. The summed E-state index contributed by atoms with van der Waals surface area (Å²) in [7, 11) is 3.25. The van der Waals surface area contributed by atoms with Gasteiger partial charge in [0.15, 0.2) is 0 Å². The van der Waals surface area contributed by atoms with Gasteiger partial charge in [0.05, 0.1) is 0 Å². The van der Waals surface area contributed by atoms with Gasteiger partial charge in [0.1, 0.15) is 0 Å². The lowest BCUT2D eigenvalue weighted by Crippen LogP contribution is -1.85. The lowest BCUT2D eigenvalue weighted by molar-refractivity contribution is -0.130. The van der Waals surface area contributed by atoms with Crippen LogP contribution in [0.2, 0.25) is 0 Å². The van der Waals surface area contributed by atoms with Crippen LogP contribution in [-0.4, -0.2) is 25.3 Å². The molecule has 0 saturated carbocycles. The van der Waals surface area contributed by atoms with Crippen molar-refractivity contribution in [3.05, 3.63) is 0 Å². The normalized spacial score (nSPS) is 6.30. The Labute approximate surface area is 61.0 Å².